The van der Waals surface area contributed by atoms with Gasteiger partial charge in [-0.1, -0.05) is 55.5 Å². The van der Waals surface area contributed by atoms with Gasteiger partial charge in [-0.3, -0.25) is 4.79 Å². The quantitative estimate of drug-likeness (QED) is 0.285. The molecule has 0 saturated carbocycles. The number of tetrazole rings is 1. The van der Waals surface area contributed by atoms with Crippen molar-refractivity contribution in [2.24, 2.45) is 11.5 Å². The van der Waals surface area contributed by atoms with E-state index in [4.69, 9.17) is 11.5 Å². The van der Waals surface area contributed by atoms with E-state index in [1.54, 1.807) is 18.5 Å². The molecule has 0 aliphatic heterocycles. The van der Waals surface area contributed by atoms with Gasteiger partial charge in [0.1, 0.15) is 22.8 Å². The number of hydrogen-bond donors (Lipinski definition) is 3. The van der Waals surface area contributed by atoms with E-state index in [1.807, 2.05) is 60.0 Å². The number of imidazole rings is 1. The van der Waals surface area contributed by atoms with Crippen molar-refractivity contribution >= 4 is 5.91 Å². The maximum Gasteiger partial charge on any atom is 0.267 e. The van der Waals surface area contributed by atoms with E-state index in [1.165, 1.54) is 0 Å². The standard InChI is InChI=1S/C27H34N8O2/c1-4-6-22-30-24(27(2,3)37)23(25(29)36)34(22)17-18-7-9-19(10-8-18)20-11-13-21(14-12-20)26-31-32-33-35(26)16-5-15-28/h7-14,37H,4-6,15-17,28H2,1-3H3,(H2,29,36). The normalized spacial score (nSPS) is 11.7. The summed E-state index contributed by atoms with van der Waals surface area (Å²) in [5.74, 6) is 0.855. The van der Waals surface area contributed by atoms with Crippen LogP contribution >= 0.6 is 0 Å². The molecule has 0 fully saturated rings. The van der Waals surface area contributed by atoms with Crippen LogP contribution in [0.4, 0.5) is 0 Å². The van der Waals surface area contributed by atoms with Gasteiger partial charge in [0.15, 0.2) is 5.82 Å². The zero-order valence-electron chi connectivity index (χ0n) is 21.6. The zero-order valence-corrected chi connectivity index (χ0v) is 21.6. The summed E-state index contributed by atoms with van der Waals surface area (Å²) in [4.78, 5) is 16.9. The molecule has 10 heteroatoms. The highest BCUT2D eigenvalue weighted by molar-refractivity contribution is 5.92. The number of aromatic nitrogens is 6. The third-order valence-corrected chi connectivity index (χ3v) is 6.21. The summed E-state index contributed by atoms with van der Waals surface area (Å²) < 4.78 is 3.60. The second kappa shape index (κ2) is 11.0. The first-order valence-electron chi connectivity index (χ1n) is 12.5. The minimum absolute atomic E-state index is 0.254. The zero-order chi connectivity index (χ0) is 26.6. The number of benzene rings is 2. The number of carbonyl (C=O) groups excluding carboxylic acids is 1. The van der Waals surface area contributed by atoms with Crippen molar-refractivity contribution in [3.8, 4) is 22.5 Å². The average molecular weight is 503 g/mol. The van der Waals surface area contributed by atoms with Gasteiger partial charge in [0.2, 0.25) is 0 Å². The van der Waals surface area contributed by atoms with Gasteiger partial charge in [-0.2, -0.15) is 0 Å². The first-order valence-corrected chi connectivity index (χ1v) is 12.5. The van der Waals surface area contributed by atoms with Crippen molar-refractivity contribution in [1.82, 2.24) is 29.8 Å². The molecule has 0 atom stereocenters. The molecule has 4 rings (SSSR count). The number of rotatable bonds is 11. The Bertz CT molecular complexity index is 1350. The summed E-state index contributed by atoms with van der Waals surface area (Å²) in [6, 6.07) is 16.3. The Morgan fingerprint density at radius 3 is 2.22 bits per heavy atom. The molecular formula is C27H34N8O2. The lowest BCUT2D eigenvalue weighted by molar-refractivity contribution is 0.0711. The first-order chi connectivity index (χ1) is 17.7. The van der Waals surface area contributed by atoms with E-state index in [9.17, 15) is 9.90 Å². The van der Waals surface area contributed by atoms with Crippen molar-refractivity contribution in [3.63, 3.8) is 0 Å². The molecule has 4 aromatic rings. The lowest BCUT2D eigenvalue weighted by Gasteiger charge is -2.16. The van der Waals surface area contributed by atoms with Gasteiger partial charge in [-0.05, 0) is 60.4 Å². The maximum absolute atomic E-state index is 12.4. The van der Waals surface area contributed by atoms with Crippen LogP contribution in [-0.2, 0) is 25.1 Å². The van der Waals surface area contributed by atoms with E-state index in [2.05, 4.69) is 20.5 Å². The molecule has 1 amide bonds. The first kappa shape index (κ1) is 26.2. The number of carbonyl (C=O) groups is 1. The van der Waals surface area contributed by atoms with Crippen molar-refractivity contribution in [2.45, 2.75) is 58.7 Å². The van der Waals surface area contributed by atoms with Gasteiger partial charge in [-0.15, -0.1) is 5.10 Å². The Morgan fingerprint density at radius 1 is 1.03 bits per heavy atom. The van der Waals surface area contributed by atoms with Gasteiger partial charge in [0, 0.05) is 25.1 Å². The topological polar surface area (TPSA) is 151 Å². The molecule has 0 bridgehead atoms. The molecule has 5 N–H and O–H groups in total. The third kappa shape index (κ3) is 5.76. The predicted octanol–water partition coefficient (Wildman–Crippen LogP) is 2.88. The van der Waals surface area contributed by atoms with Crippen LogP contribution < -0.4 is 11.5 Å². The fraction of sp³-hybridized carbons (Fsp3) is 0.370. The second-order valence-corrected chi connectivity index (χ2v) is 9.63. The number of nitrogens with two attached hydrogens (primary N) is 2. The van der Waals surface area contributed by atoms with Gasteiger partial charge < -0.3 is 21.1 Å². The maximum atomic E-state index is 12.4. The summed E-state index contributed by atoms with van der Waals surface area (Å²) in [6.45, 7) is 6.96. The monoisotopic (exact) mass is 502 g/mol. The van der Waals surface area contributed by atoms with Crippen molar-refractivity contribution in [1.29, 1.82) is 0 Å². The highest BCUT2D eigenvalue weighted by atomic mass is 16.3. The van der Waals surface area contributed by atoms with E-state index in [0.717, 1.165) is 40.9 Å². The number of aryl methyl sites for hydroxylation is 2. The Balaban J connectivity index is 1.57. The van der Waals surface area contributed by atoms with Crippen molar-refractivity contribution in [3.05, 3.63) is 71.3 Å². The van der Waals surface area contributed by atoms with Gasteiger partial charge in [-0.25, -0.2) is 9.67 Å². The molecular weight excluding hydrogens is 468 g/mol. The Hall–Kier alpha value is -3.89. The van der Waals surface area contributed by atoms with Crippen LogP contribution in [0, 0.1) is 0 Å². The average Bonchev–Trinajstić information content (AvgIpc) is 3.48. The predicted molar refractivity (Wildman–Crippen MR) is 141 cm³/mol. The van der Waals surface area contributed by atoms with E-state index >= 15 is 0 Å². The largest absolute Gasteiger partial charge is 0.384 e. The number of primary amides is 1. The summed E-state index contributed by atoms with van der Waals surface area (Å²) in [5, 5.41) is 22.6. The van der Waals surface area contributed by atoms with Gasteiger partial charge in [0.25, 0.3) is 5.91 Å². The summed E-state index contributed by atoms with van der Waals surface area (Å²) in [5.41, 5.74) is 14.7. The van der Waals surface area contributed by atoms with E-state index < -0.39 is 11.5 Å². The van der Waals surface area contributed by atoms with Gasteiger partial charge >= 0.3 is 0 Å². The summed E-state index contributed by atoms with van der Waals surface area (Å²) in [6.07, 6.45) is 2.34. The lowest BCUT2D eigenvalue weighted by Crippen LogP contribution is -2.25. The molecule has 10 nitrogen and oxygen atoms in total. The molecule has 0 spiro atoms. The molecule has 0 aliphatic carbocycles. The van der Waals surface area contributed by atoms with Crippen LogP contribution in [0.25, 0.3) is 22.5 Å². The molecule has 2 heterocycles. The van der Waals surface area contributed by atoms with Crippen LogP contribution in [0.1, 0.15) is 61.2 Å². The number of aliphatic hydroxyl groups is 1. The fourth-order valence-electron chi connectivity index (χ4n) is 4.36. The number of hydrogen-bond acceptors (Lipinski definition) is 7. The molecule has 37 heavy (non-hydrogen) atoms. The molecule has 194 valence electrons. The minimum Gasteiger partial charge on any atom is -0.384 e. The SMILES string of the molecule is CCCc1nc(C(C)(C)O)c(C(N)=O)n1Cc1ccc(-c2ccc(-c3nnnn3CCCN)cc2)cc1. The molecule has 2 aromatic heterocycles. The molecule has 2 aromatic carbocycles. The Morgan fingerprint density at radius 2 is 1.65 bits per heavy atom. The van der Waals surface area contributed by atoms with Crippen LogP contribution in [-0.4, -0.2) is 47.3 Å². The van der Waals surface area contributed by atoms with Crippen LogP contribution in [0.5, 0.6) is 0 Å². The Kier molecular flexibility index (Phi) is 7.80. The summed E-state index contributed by atoms with van der Waals surface area (Å²) >= 11 is 0. The molecule has 0 saturated heterocycles. The van der Waals surface area contributed by atoms with Gasteiger partial charge in [0.05, 0.1) is 0 Å². The Labute approximate surface area is 216 Å². The van der Waals surface area contributed by atoms with E-state index in [-0.39, 0.29) is 5.69 Å². The summed E-state index contributed by atoms with van der Waals surface area (Å²) in [7, 11) is 0. The number of nitrogens with zero attached hydrogens (tertiary/aromatic N) is 6. The second-order valence-electron chi connectivity index (χ2n) is 9.63. The highest BCUT2D eigenvalue weighted by Crippen LogP contribution is 2.27. The van der Waals surface area contributed by atoms with Crippen LogP contribution in [0.3, 0.4) is 0 Å². The lowest BCUT2D eigenvalue weighted by atomic mass is 10.0. The molecule has 0 unspecified atom stereocenters. The minimum atomic E-state index is -1.28. The van der Waals surface area contributed by atoms with Crippen molar-refractivity contribution < 1.29 is 9.90 Å². The van der Waals surface area contributed by atoms with Crippen molar-refractivity contribution in [2.75, 3.05) is 6.54 Å². The third-order valence-electron chi connectivity index (χ3n) is 6.21. The highest BCUT2D eigenvalue weighted by Gasteiger charge is 2.30. The molecule has 0 aliphatic rings. The molecule has 0 radical (unpaired) electrons. The smallest absolute Gasteiger partial charge is 0.267 e. The van der Waals surface area contributed by atoms with E-state index in [0.29, 0.717) is 37.6 Å². The van der Waals surface area contributed by atoms with Crippen LogP contribution in [0.2, 0.25) is 0 Å². The van der Waals surface area contributed by atoms with Crippen LogP contribution in [0.15, 0.2) is 48.5 Å². The fourth-order valence-corrected chi connectivity index (χ4v) is 4.36. The number of amides is 1.